The van der Waals surface area contributed by atoms with Crippen molar-refractivity contribution in [2.24, 2.45) is 13.0 Å². The molecule has 0 amide bonds. The lowest BCUT2D eigenvalue weighted by Crippen LogP contribution is -2.06. The number of aryl methyl sites for hydroxylation is 1. The predicted octanol–water partition coefficient (Wildman–Crippen LogP) is 2.51. The fraction of sp³-hybridized carbons (Fsp3) is 0.714. The van der Waals surface area contributed by atoms with E-state index in [1.807, 2.05) is 7.05 Å². The summed E-state index contributed by atoms with van der Waals surface area (Å²) in [4.78, 5) is 0. The highest BCUT2D eigenvalue weighted by Crippen LogP contribution is 2.31. The summed E-state index contributed by atoms with van der Waals surface area (Å²) in [5.41, 5.74) is 0.937. The van der Waals surface area contributed by atoms with E-state index in [-0.39, 0.29) is 5.38 Å². The topological polar surface area (TPSA) is 30.7 Å². The van der Waals surface area contributed by atoms with Gasteiger partial charge in [-0.3, -0.25) is 0 Å². The highest BCUT2D eigenvalue weighted by Gasteiger charge is 2.20. The number of aromatic nitrogens is 3. The van der Waals surface area contributed by atoms with E-state index in [2.05, 4.69) is 40.1 Å². The molecular weight excluding hydrogens is 241 g/mol. The van der Waals surface area contributed by atoms with E-state index in [1.54, 1.807) is 4.68 Å². The number of hydrogen-bond acceptors (Lipinski definition) is 2. The van der Waals surface area contributed by atoms with Crippen LogP contribution in [0.2, 0.25) is 0 Å². The van der Waals surface area contributed by atoms with Crippen LogP contribution < -0.4 is 0 Å². The van der Waals surface area contributed by atoms with Gasteiger partial charge in [-0.1, -0.05) is 19.1 Å². The van der Waals surface area contributed by atoms with E-state index in [9.17, 15) is 0 Å². The normalized spacial score (nSPS) is 13.8. The summed E-state index contributed by atoms with van der Waals surface area (Å²) >= 11 is 9.47. The number of rotatable bonds is 2. The zero-order valence-electron chi connectivity index (χ0n) is 7.25. The zero-order chi connectivity index (χ0) is 9.30. The van der Waals surface area contributed by atoms with Crippen molar-refractivity contribution in [3.63, 3.8) is 0 Å². The van der Waals surface area contributed by atoms with E-state index >= 15 is 0 Å². The van der Waals surface area contributed by atoms with Gasteiger partial charge < -0.3 is 0 Å². The maximum atomic E-state index is 6.16. The molecule has 1 aromatic rings. The molecule has 0 bridgehead atoms. The van der Waals surface area contributed by atoms with E-state index in [0.717, 1.165) is 10.3 Å². The van der Waals surface area contributed by atoms with Gasteiger partial charge in [-0.2, -0.15) is 0 Å². The van der Waals surface area contributed by atoms with E-state index in [1.165, 1.54) is 0 Å². The minimum absolute atomic E-state index is 0.0422. The van der Waals surface area contributed by atoms with Crippen molar-refractivity contribution in [3.05, 3.63) is 10.3 Å². The second-order valence-electron chi connectivity index (χ2n) is 3.03. The maximum absolute atomic E-state index is 6.16. The van der Waals surface area contributed by atoms with Crippen LogP contribution in [0.15, 0.2) is 4.60 Å². The summed E-state index contributed by atoms with van der Waals surface area (Å²) in [5, 5.41) is 7.68. The second-order valence-corrected chi connectivity index (χ2v) is 4.26. The second kappa shape index (κ2) is 3.75. The van der Waals surface area contributed by atoms with Gasteiger partial charge in [0.15, 0.2) is 4.60 Å². The Labute approximate surface area is 85.2 Å². The van der Waals surface area contributed by atoms with Gasteiger partial charge in [0.1, 0.15) is 0 Å². The first kappa shape index (κ1) is 9.99. The Bertz CT molecular complexity index is 252. The molecule has 0 spiro atoms. The minimum atomic E-state index is -0.0422. The standard InChI is InChI=1S/C7H11BrClN3/c1-4(2)5(9)6-7(8)10-11-12(6)3/h4-5H,1-3H3. The number of halogens is 2. The Hall–Kier alpha value is -0.0900. The molecule has 12 heavy (non-hydrogen) atoms. The van der Waals surface area contributed by atoms with Crippen molar-refractivity contribution >= 4 is 27.5 Å². The Morgan fingerprint density at radius 3 is 2.42 bits per heavy atom. The average molecular weight is 253 g/mol. The third-order valence-corrected chi connectivity index (χ3v) is 2.95. The lowest BCUT2D eigenvalue weighted by Gasteiger charge is -2.12. The molecule has 3 nitrogen and oxygen atoms in total. The van der Waals surface area contributed by atoms with Crippen LogP contribution in [-0.4, -0.2) is 15.0 Å². The van der Waals surface area contributed by atoms with Crippen LogP contribution in [0.1, 0.15) is 24.9 Å². The van der Waals surface area contributed by atoms with E-state index in [0.29, 0.717) is 5.92 Å². The summed E-state index contributed by atoms with van der Waals surface area (Å²) in [5.74, 6) is 0.375. The van der Waals surface area contributed by atoms with E-state index in [4.69, 9.17) is 11.6 Å². The van der Waals surface area contributed by atoms with Gasteiger partial charge in [0, 0.05) is 7.05 Å². The summed E-state index contributed by atoms with van der Waals surface area (Å²) < 4.78 is 2.43. The molecule has 68 valence electrons. The maximum Gasteiger partial charge on any atom is 0.153 e. The van der Waals surface area contributed by atoms with Crippen LogP contribution in [0.25, 0.3) is 0 Å². The van der Waals surface area contributed by atoms with Gasteiger partial charge in [0.25, 0.3) is 0 Å². The fourth-order valence-corrected chi connectivity index (χ4v) is 1.90. The van der Waals surface area contributed by atoms with Crippen LogP contribution in [-0.2, 0) is 7.05 Å². The van der Waals surface area contributed by atoms with Gasteiger partial charge in [0.05, 0.1) is 11.1 Å². The number of nitrogens with zero attached hydrogens (tertiary/aromatic N) is 3. The average Bonchev–Trinajstić information content (AvgIpc) is 2.30. The molecular formula is C7H11BrClN3. The predicted molar refractivity (Wildman–Crippen MR) is 52.1 cm³/mol. The molecule has 0 aliphatic heterocycles. The van der Waals surface area contributed by atoms with Crippen molar-refractivity contribution in [1.29, 1.82) is 0 Å². The first-order valence-electron chi connectivity index (χ1n) is 3.73. The third-order valence-electron chi connectivity index (χ3n) is 1.67. The third kappa shape index (κ3) is 1.80. The van der Waals surface area contributed by atoms with Crippen LogP contribution in [0.3, 0.4) is 0 Å². The van der Waals surface area contributed by atoms with Crippen molar-refractivity contribution in [2.45, 2.75) is 19.2 Å². The van der Waals surface area contributed by atoms with Crippen molar-refractivity contribution in [1.82, 2.24) is 15.0 Å². The molecule has 0 aliphatic rings. The molecule has 0 aliphatic carbocycles. The van der Waals surface area contributed by atoms with Crippen molar-refractivity contribution in [2.75, 3.05) is 0 Å². The van der Waals surface area contributed by atoms with Crippen LogP contribution in [0.4, 0.5) is 0 Å². The summed E-state index contributed by atoms with van der Waals surface area (Å²) in [6.07, 6.45) is 0. The summed E-state index contributed by atoms with van der Waals surface area (Å²) in [6.45, 7) is 4.13. The number of hydrogen-bond donors (Lipinski definition) is 0. The lowest BCUT2D eigenvalue weighted by molar-refractivity contribution is 0.571. The van der Waals surface area contributed by atoms with Gasteiger partial charge in [0.2, 0.25) is 0 Å². The SMILES string of the molecule is CC(C)C(Cl)c1c(Br)nnn1C. The van der Waals surface area contributed by atoms with Crippen LogP contribution in [0.5, 0.6) is 0 Å². The Morgan fingerprint density at radius 2 is 2.08 bits per heavy atom. The highest BCUT2D eigenvalue weighted by molar-refractivity contribution is 9.10. The summed E-state index contributed by atoms with van der Waals surface area (Å²) in [6, 6.07) is 0. The largest absolute Gasteiger partial charge is 0.250 e. The van der Waals surface area contributed by atoms with Gasteiger partial charge >= 0.3 is 0 Å². The van der Waals surface area contributed by atoms with Crippen molar-refractivity contribution < 1.29 is 0 Å². The Balaban J connectivity index is 3.00. The molecule has 0 N–H and O–H groups in total. The van der Waals surface area contributed by atoms with Gasteiger partial charge in [-0.05, 0) is 21.8 Å². The minimum Gasteiger partial charge on any atom is -0.250 e. The molecule has 1 heterocycles. The smallest absolute Gasteiger partial charge is 0.153 e. The first-order valence-corrected chi connectivity index (χ1v) is 4.96. The van der Waals surface area contributed by atoms with Gasteiger partial charge in [-0.25, -0.2) is 4.68 Å². The molecule has 0 radical (unpaired) electrons. The molecule has 0 fully saturated rings. The van der Waals surface area contributed by atoms with Crippen LogP contribution >= 0.6 is 27.5 Å². The summed E-state index contributed by atoms with van der Waals surface area (Å²) in [7, 11) is 1.84. The highest BCUT2D eigenvalue weighted by atomic mass is 79.9. The van der Waals surface area contributed by atoms with E-state index < -0.39 is 0 Å². The molecule has 1 rings (SSSR count). The Kier molecular flexibility index (Phi) is 3.12. The molecule has 1 aromatic heterocycles. The number of alkyl halides is 1. The molecule has 5 heteroatoms. The quantitative estimate of drug-likeness (QED) is 0.757. The molecule has 1 unspecified atom stereocenters. The fourth-order valence-electron chi connectivity index (χ4n) is 0.947. The van der Waals surface area contributed by atoms with Crippen molar-refractivity contribution in [3.8, 4) is 0 Å². The molecule has 0 aromatic carbocycles. The Morgan fingerprint density at radius 1 is 1.50 bits per heavy atom. The lowest BCUT2D eigenvalue weighted by atomic mass is 10.1. The zero-order valence-corrected chi connectivity index (χ0v) is 9.59. The molecule has 0 saturated carbocycles. The van der Waals surface area contributed by atoms with Crippen LogP contribution in [0, 0.1) is 5.92 Å². The molecule has 0 saturated heterocycles. The molecule has 1 atom stereocenters. The first-order chi connectivity index (χ1) is 5.54. The van der Waals surface area contributed by atoms with Gasteiger partial charge in [-0.15, -0.1) is 16.7 Å². The monoisotopic (exact) mass is 251 g/mol.